The highest BCUT2D eigenvalue weighted by atomic mass is 16.2. The zero-order valence-electron chi connectivity index (χ0n) is 11.5. The van der Waals surface area contributed by atoms with E-state index in [-0.39, 0.29) is 5.91 Å². The van der Waals surface area contributed by atoms with Gasteiger partial charge in [0.15, 0.2) is 0 Å². The van der Waals surface area contributed by atoms with Gasteiger partial charge >= 0.3 is 0 Å². The number of hydrogen-bond donors (Lipinski definition) is 0. The summed E-state index contributed by atoms with van der Waals surface area (Å²) in [7, 11) is 0. The molecule has 0 aromatic heterocycles. The fraction of sp³-hybridized carbons (Fsp3) is 0.533. The first kappa shape index (κ1) is 13.8. The number of rotatable bonds is 1. The van der Waals surface area contributed by atoms with Crippen molar-refractivity contribution in [3.05, 3.63) is 35.4 Å². The van der Waals surface area contributed by atoms with Crippen LogP contribution in [0.4, 0.5) is 0 Å². The molecule has 0 aliphatic carbocycles. The zero-order valence-corrected chi connectivity index (χ0v) is 11.5. The van der Waals surface area contributed by atoms with E-state index in [2.05, 4.69) is 20.8 Å². The van der Waals surface area contributed by atoms with Gasteiger partial charge in [-0.15, -0.1) is 0 Å². The molecular formula is C15H23NO. The van der Waals surface area contributed by atoms with Gasteiger partial charge in [-0.1, -0.05) is 39.0 Å². The van der Waals surface area contributed by atoms with Crippen LogP contribution in [0.5, 0.6) is 0 Å². The van der Waals surface area contributed by atoms with Crippen LogP contribution in [0.25, 0.3) is 0 Å². The first-order valence-electron chi connectivity index (χ1n) is 6.32. The molecule has 1 amide bonds. The van der Waals surface area contributed by atoms with Gasteiger partial charge in [-0.2, -0.15) is 0 Å². The summed E-state index contributed by atoms with van der Waals surface area (Å²) in [6.07, 6.45) is 0. The molecule has 2 nitrogen and oxygen atoms in total. The lowest BCUT2D eigenvalue weighted by atomic mass is 10.1. The van der Waals surface area contributed by atoms with Crippen molar-refractivity contribution < 1.29 is 4.79 Å². The summed E-state index contributed by atoms with van der Waals surface area (Å²) < 4.78 is 0. The van der Waals surface area contributed by atoms with E-state index in [1.165, 1.54) is 0 Å². The molecule has 2 rings (SSSR count). The van der Waals surface area contributed by atoms with Crippen molar-refractivity contribution in [2.75, 3.05) is 0 Å². The third kappa shape index (κ3) is 3.58. The van der Waals surface area contributed by atoms with Gasteiger partial charge in [-0.25, -0.2) is 0 Å². The fourth-order valence-electron chi connectivity index (χ4n) is 1.69. The molecule has 0 bridgehead atoms. The van der Waals surface area contributed by atoms with Crippen LogP contribution in [0.3, 0.4) is 0 Å². The minimum atomic E-state index is 0.172. The quantitative estimate of drug-likeness (QED) is 0.724. The monoisotopic (exact) mass is 233 g/mol. The number of nitrogens with zero attached hydrogens (tertiary/aromatic N) is 1. The highest BCUT2D eigenvalue weighted by molar-refractivity contribution is 5.98. The van der Waals surface area contributed by atoms with Crippen molar-refractivity contribution in [2.24, 2.45) is 5.92 Å². The topological polar surface area (TPSA) is 20.3 Å². The lowest BCUT2D eigenvalue weighted by Gasteiger charge is -2.19. The number of fused-ring (bicyclic) bond motifs is 1. The molecular weight excluding hydrogens is 210 g/mol. The Morgan fingerprint density at radius 1 is 1.06 bits per heavy atom. The molecule has 94 valence electrons. The van der Waals surface area contributed by atoms with Crippen molar-refractivity contribution >= 4 is 5.91 Å². The van der Waals surface area contributed by atoms with Gasteiger partial charge in [-0.05, 0) is 31.4 Å². The molecule has 17 heavy (non-hydrogen) atoms. The van der Waals surface area contributed by atoms with Crippen molar-refractivity contribution in [3.63, 3.8) is 0 Å². The summed E-state index contributed by atoms with van der Waals surface area (Å²) in [6, 6.07) is 8.12. The third-order valence-corrected chi connectivity index (χ3v) is 2.47. The second-order valence-electron chi connectivity index (χ2n) is 5.42. The molecule has 0 N–H and O–H groups in total. The number of carbonyl (C=O) groups is 1. The molecule has 0 saturated carbocycles. The molecule has 0 saturated heterocycles. The molecule has 0 fully saturated rings. The highest BCUT2D eigenvalue weighted by Gasteiger charge is 2.27. The largest absolute Gasteiger partial charge is 0.332 e. The Labute approximate surface area is 105 Å². The predicted octanol–water partition coefficient (Wildman–Crippen LogP) is 3.71. The maximum atomic E-state index is 11.8. The summed E-state index contributed by atoms with van der Waals surface area (Å²) in [5.74, 6) is 1.01. The summed E-state index contributed by atoms with van der Waals surface area (Å²) in [5, 5.41) is 0. The van der Waals surface area contributed by atoms with Gasteiger partial charge in [0.05, 0.1) is 0 Å². The number of carbonyl (C=O) groups excluding carboxylic acids is 1. The Morgan fingerprint density at radius 3 is 2.06 bits per heavy atom. The fourth-order valence-corrected chi connectivity index (χ4v) is 1.69. The number of hydrogen-bond acceptors (Lipinski definition) is 1. The summed E-state index contributed by atoms with van der Waals surface area (Å²) in [4.78, 5) is 13.7. The lowest BCUT2D eigenvalue weighted by molar-refractivity contribution is 0.0730. The molecule has 1 aliphatic heterocycles. The van der Waals surface area contributed by atoms with Crippen molar-refractivity contribution in [1.29, 1.82) is 0 Å². The maximum Gasteiger partial charge on any atom is 0.254 e. The van der Waals surface area contributed by atoms with Gasteiger partial charge < -0.3 is 4.90 Å². The van der Waals surface area contributed by atoms with Gasteiger partial charge in [-0.3, -0.25) is 4.79 Å². The average molecular weight is 233 g/mol. The van der Waals surface area contributed by atoms with Crippen LogP contribution in [0, 0.1) is 5.92 Å². The third-order valence-electron chi connectivity index (χ3n) is 2.47. The van der Waals surface area contributed by atoms with Crippen LogP contribution in [0.2, 0.25) is 0 Å². The molecule has 0 unspecified atom stereocenters. The van der Waals surface area contributed by atoms with Gasteiger partial charge in [0.2, 0.25) is 0 Å². The summed E-state index contributed by atoms with van der Waals surface area (Å²) in [5.41, 5.74) is 2.03. The molecule has 0 atom stereocenters. The van der Waals surface area contributed by atoms with Crippen LogP contribution in [-0.4, -0.2) is 16.8 Å². The molecule has 0 radical (unpaired) electrons. The molecule has 1 heterocycles. The van der Waals surface area contributed by atoms with E-state index in [4.69, 9.17) is 0 Å². The minimum Gasteiger partial charge on any atom is -0.332 e. The standard InChI is InChI=1S/C11H13NO.C4H10/c1-8(2)12-7-9-5-3-4-6-10(9)11(12)13;1-4(2)3/h3-6,8H,7H2,1-2H3;4H,1-3H3. The minimum absolute atomic E-state index is 0.172. The van der Waals surface area contributed by atoms with Crippen molar-refractivity contribution in [1.82, 2.24) is 4.90 Å². The Kier molecular flexibility index (Phi) is 4.73. The smallest absolute Gasteiger partial charge is 0.254 e. The molecule has 2 heteroatoms. The zero-order chi connectivity index (χ0) is 13.0. The van der Waals surface area contributed by atoms with E-state index in [1.54, 1.807) is 0 Å². The van der Waals surface area contributed by atoms with Crippen LogP contribution < -0.4 is 0 Å². The van der Waals surface area contributed by atoms with Gasteiger partial charge in [0.1, 0.15) is 0 Å². The molecule has 1 aromatic rings. The summed E-state index contributed by atoms with van der Waals surface area (Å²) >= 11 is 0. The Morgan fingerprint density at radius 2 is 1.59 bits per heavy atom. The summed E-state index contributed by atoms with van der Waals surface area (Å²) in [6.45, 7) is 11.4. The first-order valence-corrected chi connectivity index (χ1v) is 6.32. The molecule has 1 aromatic carbocycles. The maximum absolute atomic E-state index is 11.8. The molecule has 1 aliphatic rings. The van der Waals surface area contributed by atoms with Crippen molar-refractivity contribution in [2.45, 2.75) is 47.2 Å². The van der Waals surface area contributed by atoms with Crippen LogP contribution in [0.1, 0.15) is 50.5 Å². The second kappa shape index (κ2) is 5.85. The predicted molar refractivity (Wildman–Crippen MR) is 72.0 cm³/mol. The van der Waals surface area contributed by atoms with E-state index in [0.717, 1.165) is 23.6 Å². The van der Waals surface area contributed by atoms with Gasteiger partial charge in [0.25, 0.3) is 5.91 Å². The van der Waals surface area contributed by atoms with E-state index in [9.17, 15) is 4.79 Å². The van der Waals surface area contributed by atoms with E-state index < -0.39 is 0 Å². The van der Waals surface area contributed by atoms with E-state index in [1.807, 2.05) is 43.0 Å². The van der Waals surface area contributed by atoms with E-state index in [0.29, 0.717) is 6.04 Å². The molecule has 0 spiro atoms. The van der Waals surface area contributed by atoms with Crippen LogP contribution in [-0.2, 0) is 6.54 Å². The van der Waals surface area contributed by atoms with Gasteiger partial charge in [0, 0.05) is 18.2 Å². The normalized spacial score (nSPS) is 13.8. The SMILES string of the molecule is CC(C)C.CC(C)N1Cc2ccccc2C1=O. The van der Waals surface area contributed by atoms with Crippen molar-refractivity contribution in [3.8, 4) is 0 Å². The Balaban J connectivity index is 0.000000317. The second-order valence-corrected chi connectivity index (χ2v) is 5.42. The highest BCUT2D eigenvalue weighted by Crippen LogP contribution is 2.23. The van der Waals surface area contributed by atoms with E-state index >= 15 is 0 Å². The number of amides is 1. The first-order chi connectivity index (χ1) is 7.93. The Bertz CT molecular complexity index is 380. The van der Waals surface area contributed by atoms with Crippen LogP contribution in [0.15, 0.2) is 24.3 Å². The van der Waals surface area contributed by atoms with Crippen LogP contribution >= 0.6 is 0 Å². The average Bonchev–Trinajstić information content (AvgIpc) is 2.56. The Hall–Kier alpha value is -1.31. The number of benzene rings is 1. The lowest BCUT2D eigenvalue weighted by Crippen LogP contribution is -2.30.